The molecule has 0 aliphatic carbocycles. The molecule has 0 spiro atoms. The van der Waals surface area contributed by atoms with E-state index in [0.717, 1.165) is 22.2 Å². The number of nitrogens with zero attached hydrogens (tertiary/aromatic N) is 3. The van der Waals surface area contributed by atoms with Gasteiger partial charge in [0.05, 0.1) is 24.8 Å². The van der Waals surface area contributed by atoms with Gasteiger partial charge >= 0.3 is 5.97 Å². The van der Waals surface area contributed by atoms with Gasteiger partial charge < -0.3 is 9.15 Å². The van der Waals surface area contributed by atoms with Crippen LogP contribution in [-0.4, -0.2) is 22.4 Å². The molecule has 2 aromatic carbocycles. The minimum Gasteiger partial charge on any atom is -0.461 e. The molecule has 0 saturated heterocycles. The largest absolute Gasteiger partial charge is 0.461 e. The van der Waals surface area contributed by atoms with Crippen LogP contribution in [0.3, 0.4) is 0 Å². The predicted molar refractivity (Wildman–Crippen MR) is 113 cm³/mol. The van der Waals surface area contributed by atoms with E-state index in [0.29, 0.717) is 35.1 Å². The first-order chi connectivity index (χ1) is 14.5. The number of halogens is 1. The molecule has 0 N–H and O–H groups in total. The van der Waals surface area contributed by atoms with Crippen molar-refractivity contribution in [2.75, 3.05) is 6.61 Å². The number of benzene rings is 2. The highest BCUT2D eigenvalue weighted by atomic mass is 35.5. The van der Waals surface area contributed by atoms with Crippen molar-refractivity contribution in [3.05, 3.63) is 76.1 Å². The summed E-state index contributed by atoms with van der Waals surface area (Å²) in [4.78, 5) is 12.0. The van der Waals surface area contributed by atoms with E-state index in [1.54, 1.807) is 23.7 Å². The first-order valence-corrected chi connectivity index (χ1v) is 9.81. The van der Waals surface area contributed by atoms with Crippen molar-refractivity contribution in [2.45, 2.75) is 20.4 Å². The molecule has 30 heavy (non-hydrogen) atoms. The molecule has 0 amide bonds. The lowest BCUT2D eigenvalue weighted by atomic mass is 10.1. The third-order valence-electron chi connectivity index (χ3n) is 4.76. The summed E-state index contributed by atoms with van der Waals surface area (Å²) in [6.07, 6.45) is 0. The van der Waals surface area contributed by atoms with Crippen LogP contribution in [-0.2, 0) is 11.3 Å². The van der Waals surface area contributed by atoms with Crippen LogP contribution in [0.25, 0.3) is 22.3 Å². The van der Waals surface area contributed by atoms with Gasteiger partial charge in [0.1, 0.15) is 11.3 Å². The second-order valence-electron chi connectivity index (χ2n) is 6.80. The summed E-state index contributed by atoms with van der Waals surface area (Å²) in [6.45, 7) is 4.28. The van der Waals surface area contributed by atoms with E-state index in [1.165, 1.54) is 0 Å². The van der Waals surface area contributed by atoms with Crippen LogP contribution in [0.4, 0.5) is 0 Å². The summed E-state index contributed by atoms with van der Waals surface area (Å²) < 4.78 is 12.9. The van der Waals surface area contributed by atoms with Gasteiger partial charge in [-0.3, -0.25) is 4.68 Å². The molecular weight excluding hydrogens is 402 g/mol. The number of carbonyl (C=O) groups is 1. The molecule has 0 radical (unpaired) electrons. The maximum atomic E-state index is 12.0. The third kappa shape index (κ3) is 3.68. The minimum atomic E-state index is -0.455. The van der Waals surface area contributed by atoms with Crippen LogP contribution in [0, 0.1) is 18.3 Å². The zero-order valence-electron chi connectivity index (χ0n) is 16.5. The van der Waals surface area contributed by atoms with Gasteiger partial charge in [-0.2, -0.15) is 10.4 Å². The van der Waals surface area contributed by atoms with Crippen molar-refractivity contribution in [3.63, 3.8) is 0 Å². The quantitative estimate of drug-likeness (QED) is 0.407. The SMILES string of the molecule is CCOC(=O)c1cc(C)n(Cc2cc(Cl)cc3cc(-c4ccccc4C#N)oc23)n1. The number of esters is 1. The molecular formula is C23H18ClN3O3. The Balaban J connectivity index is 1.76. The Bertz CT molecular complexity index is 1300. The lowest BCUT2D eigenvalue weighted by Gasteiger charge is -2.06. The molecule has 150 valence electrons. The molecule has 2 aromatic heterocycles. The van der Waals surface area contributed by atoms with E-state index in [-0.39, 0.29) is 5.69 Å². The number of nitriles is 1. The Morgan fingerprint density at radius 2 is 2.07 bits per heavy atom. The second-order valence-corrected chi connectivity index (χ2v) is 7.24. The molecule has 2 heterocycles. The Morgan fingerprint density at radius 1 is 1.27 bits per heavy atom. The van der Waals surface area contributed by atoms with E-state index in [2.05, 4.69) is 11.2 Å². The van der Waals surface area contributed by atoms with Gasteiger partial charge in [0, 0.05) is 27.2 Å². The van der Waals surface area contributed by atoms with Crippen LogP contribution in [0.15, 0.2) is 52.9 Å². The smallest absolute Gasteiger partial charge is 0.358 e. The molecule has 7 heteroatoms. The van der Waals surface area contributed by atoms with Gasteiger partial charge in [-0.1, -0.05) is 23.7 Å². The Labute approximate surface area is 178 Å². The summed E-state index contributed by atoms with van der Waals surface area (Å²) in [6, 6.07) is 16.7. The number of hydrogen-bond acceptors (Lipinski definition) is 5. The van der Waals surface area contributed by atoms with E-state index in [4.69, 9.17) is 20.8 Å². The molecule has 0 unspecified atom stereocenters. The number of furan rings is 1. The number of hydrogen-bond donors (Lipinski definition) is 0. The summed E-state index contributed by atoms with van der Waals surface area (Å²) in [7, 11) is 0. The Hall–Kier alpha value is -3.56. The average molecular weight is 420 g/mol. The lowest BCUT2D eigenvalue weighted by Crippen LogP contribution is -2.08. The van der Waals surface area contributed by atoms with Crippen LogP contribution >= 0.6 is 11.6 Å². The summed E-state index contributed by atoms with van der Waals surface area (Å²) >= 11 is 6.34. The van der Waals surface area contributed by atoms with E-state index in [1.807, 2.05) is 43.3 Å². The van der Waals surface area contributed by atoms with Crippen LogP contribution < -0.4 is 0 Å². The number of carbonyl (C=O) groups excluding carboxylic acids is 1. The van der Waals surface area contributed by atoms with Gasteiger partial charge in [0.25, 0.3) is 0 Å². The second kappa shape index (κ2) is 8.05. The number of ether oxygens (including phenoxy) is 1. The standard InChI is InChI=1S/C23H18ClN3O3/c1-3-29-23(28)20-8-14(2)27(26-20)13-17-10-18(24)9-16-11-21(30-22(16)17)19-7-5-4-6-15(19)12-25/h4-11H,3,13H2,1-2H3. The maximum absolute atomic E-state index is 12.0. The van der Waals surface area contributed by atoms with E-state index in [9.17, 15) is 10.1 Å². The Kier molecular flexibility index (Phi) is 5.30. The summed E-state index contributed by atoms with van der Waals surface area (Å²) in [5.74, 6) is 0.138. The van der Waals surface area contributed by atoms with Crippen LogP contribution in [0.2, 0.25) is 5.02 Å². The summed E-state index contributed by atoms with van der Waals surface area (Å²) in [5.41, 5.74) is 3.81. The van der Waals surface area contributed by atoms with Crippen LogP contribution in [0.5, 0.6) is 0 Å². The zero-order chi connectivity index (χ0) is 21.3. The van der Waals surface area contributed by atoms with Gasteiger partial charge in [-0.25, -0.2) is 4.79 Å². The van der Waals surface area contributed by atoms with Crippen molar-refractivity contribution < 1.29 is 13.9 Å². The fourth-order valence-electron chi connectivity index (χ4n) is 3.37. The molecule has 4 rings (SSSR count). The van der Waals surface area contributed by atoms with Crippen molar-refractivity contribution >= 4 is 28.5 Å². The monoisotopic (exact) mass is 419 g/mol. The highest BCUT2D eigenvalue weighted by Gasteiger charge is 2.17. The predicted octanol–water partition coefficient (Wildman–Crippen LogP) is 5.35. The first-order valence-electron chi connectivity index (χ1n) is 9.43. The minimum absolute atomic E-state index is 0.260. The first kappa shape index (κ1) is 19.7. The molecule has 0 saturated carbocycles. The number of fused-ring (bicyclic) bond motifs is 1. The third-order valence-corrected chi connectivity index (χ3v) is 4.98. The Morgan fingerprint density at radius 3 is 2.83 bits per heavy atom. The normalized spacial score (nSPS) is 10.9. The van der Waals surface area contributed by atoms with Gasteiger partial charge in [-0.15, -0.1) is 0 Å². The topological polar surface area (TPSA) is 81.0 Å². The number of aryl methyl sites for hydroxylation is 1. The average Bonchev–Trinajstić information content (AvgIpc) is 3.32. The van der Waals surface area contributed by atoms with Crippen molar-refractivity contribution in [2.24, 2.45) is 0 Å². The maximum Gasteiger partial charge on any atom is 0.358 e. The fourth-order valence-corrected chi connectivity index (χ4v) is 3.62. The molecule has 0 atom stereocenters. The molecule has 0 fully saturated rings. The lowest BCUT2D eigenvalue weighted by molar-refractivity contribution is 0.0518. The molecule has 0 aliphatic rings. The summed E-state index contributed by atoms with van der Waals surface area (Å²) in [5, 5.41) is 15.2. The van der Waals surface area contributed by atoms with Crippen molar-refractivity contribution in [1.82, 2.24) is 9.78 Å². The molecule has 0 aliphatic heterocycles. The van der Waals surface area contributed by atoms with Crippen molar-refractivity contribution in [3.8, 4) is 17.4 Å². The fraction of sp³-hybridized carbons (Fsp3) is 0.174. The van der Waals surface area contributed by atoms with E-state index >= 15 is 0 Å². The van der Waals surface area contributed by atoms with Crippen molar-refractivity contribution in [1.29, 1.82) is 5.26 Å². The van der Waals surface area contributed by atoms with Gasteiger partial charge in [-0.05, 0) is 50.2 Å². The zero-order valence-corrected chi connectivity index (χ0v) is 17.2. The van der Waals surface area contributed by atoms with Gasteiger partial charge in [0.15, 0.2) is 5.69 Å². The van der Waals surface area contributed by atoms with Gasteiger partial charge in [0.2, 0.25) is 0 Å². The number of aromatic nitrogens is 2. The highest BCUT2D eigenvalue weighted by Crippen LogP contribution is 2.34. The molecule has 6 nitrogen and oxygen atoms in total. The number of rotatable bonds is 5. The highest BCUT2D eigenvalue weighted by molar-refractivity contribution is 6.31. The van der Waals surface area contributed by atoms with E-state index < -0.39 is 5.97 Å². The van der Waals surface area contributed by atoms with Crippen LogP contribution in [0.1, 0.15) is 34.2 Å². The molecule has 4 aromatic rings. The molecule has 0 bridgehead atoms.